The van der Waals surface area contributed by atoms with Gasteiger partial charge in [-0.3, -0.25) is 38.8 Å². The Bertz CT molecular complexity index is 1230. The van der Waals surface area contributed by atoms with Crippen LogP contribution in [0.1, 0.15) is 174 Å². The quantitative estimate of drug-likeness (QED) is 0.0210. The molecule has 0 aliphatic carbocycles. The number of rotatable bonds is 45. The molecule has 368 valence electrons. The zero-order chi connectivity index (χ0) is 48.1. The van der Waals surface area contributed by atoms with Crippen molar-refractivity contribution in [1.29, 1.82) is 0 Å². The van der Waals surface area contributed by atoms with Crippen LogP contribution in [0.4, 0.5) is 0 Å². The second-order valence-corrected chi connectivity index (χ2v) is 16.0. The van der Waals surface area contributed by atoms with Crippen LogP contribution >= 0.6 is 0 Å². The molecule has 0 saturated heterocycles. The molecule has 0 fully saturated rings. The van der Waals surface area contributed by atoms with Gasteiger partial charge in [-0.15, -0.1) is 0 Å². The largest absolute Gasteiger partial charge is 0.481 e. The van der Waals surface area contributed by atoms with Crippen LogP contribution in [0.15, 0.2) is 0 Å². The third-order valence-electron chi connectivity index (χ3n) is 10.2. The topological polar surface area (TPSA) is 253 Å². The van der Waals surface area contributed by atoms with E-state index in [0.29, 0.717) is 84.5 Å². The van der Waals surface area contributed by atoms with Crippen LogP contribution in [-0.4, -0.2) is 123 Å². The van der Waals surface area contributed by atoms with Crippen molar-refractivity contribution in [2.75, 3.05) is 66.4 Å². The summed E-state index contributed by atoms with van der Waals surface area (Å²) in [6, 6.07) is 0. The lowest BCUT2D eigenvalue weighted by Gasteiger charge is -2.11. The highest BCUT2D eigenvalue weighted by atomic mass is 16.5. The fourth-order valence-electron chi connectivity index (χ4n) is 6.30. The molecule has 0 radical (unpaired) electrons. The molecule has 0 bridgehead atoms. The summed E-state index contributed by atoms with van der Waals surface area (Å²) in [5.41, 5.74) is -0.145. The van der Waals surface area contributed by atoms with Crippen molar-refractivity contribution in [1.82, 2.24) is 16.1 Å². The number of carboxylic acids is 2. The first kappa shape index (κ1) is 59.5. The number of Topliss-reactive ketones (excluding diaryl/α,β-unsaturated/α-hetero) is 2. The number of nitrogens with one attached hydrogen (secondary N) is 3. The van der Waals surface area contributed by atoms with E-state index in [1.165, 1.54) is 51.4 Å². The number of ether oxygens (including phenoxy) is 4. The van der Waals surface area contributed by atoms with Crippen LogP contribution in [0, 0.1) is 11.8 Å². The molecule has 17 nitrogen and oxygen atoms in total. The van der Waals surface area contributed by atoms with E-state index in [1.807, 2.05) is 6.92 Å². The first-order chi connectivity index (χ1) is 30.7. The average Bonchev–Trinajstić information content (AvgIpc) is 3.25. The average molecular weight is 906 g/mol. The molecule has 0 aromatic heterocycles. The van der Waals surface area contributed by atoms with Crippen molar-refractivity contribution in [3.05, 3.63) is 0 Å². The molecular weight excluding hydrogens is 819 g/mol. The standard InChI is InChI=1S/C27H49NO6.C19H36N2O8/c1-2-21-28-25(30)20-19-23(27(33)34)22-24(29)17-15-13-11-9-7-5-3-4-6-8-10-12-14-16-18-26(31)32;1-16(19(24)21-25)6-3-4-8-20-18(23)15-29-13-12-27-9-5-7-17(22)14-28-11-10-26-2/h23H,2-22H2,1H3,(H,28,30)(H,31,32)(H,33,34);16,25H,3-15H2,1-2H3,(H,20,23)(H,21,24)/t23-;16-/m10/s1/i/hT. The number of carbonyl (C=O) groups is 7. The first-order valence-corrected chi connectivity index (χ1v) is 23.5. The van der Waals surface area contributed by atoms with Gasteiger partial charge in [0.2, 0.25) is 17.7 Å². The normalized spacial score (nSPS) is 12.0. The van der Waals surface area contributed by atoms with Crippen molar-refractivity contribution >= 4 is 41.2 Å². The maximum Gasteiger partial charge on any atom is 0.306 e. The van der Waals surface area contributed by atoms with Gasteiger partial charge < -0.3 is 39.8 Å². The van der Waals surface area contributed by atoms with Crippen molar-refractivity contribution in [3.8, 4) is 0 Å². The van der Waals surface area contributed by atoms with E-state index in [0.717, 1.165) is 44.9 Å². The molecule has 0 aliphatic rings. The number of hydrogen-bond donors (Lipinski definition) is 6. The Morgan fingerprint density at radius 3 is 1.63 bits per heavy atom. The van der Waals surface area contributed by atoms with Crippen LogP contribution in [0.3, 0.4) is 0 Å². The highest BCUT2D eigenvalue weighted by molar-refractivity contribution is 5.84. The third kappa shape index (κ3) is 46.3. The van der Waals surface area contributed by atoms with E-state index in [4.69, 9.17) is 30.7 Å². The number of aliphatic carboxylic acids is 2. The molecular formula is C46H85N3O14. The summed E-state index contributed by atoms with van der Waals surface area (Å²) < 4.78 is 27.3. The summed E-state index contributed by atoms with van der Waals surface area (Å²) in [5, 5.41) is 32.1. The molecule has 0 heterocycles. The fourth-order valence-corrected chi connectivity index (χ4v) is 6.30. The summed E-state index contributed by atoms with van der Waals surface area (Å²) in [7, 11) is 1.57. The van der Waals surface area contributed by atoms with E-state index in [2.05, 4.69) is 10.6 Å². The predicted octanol–water partition coefficient (Wildman–Crippen LogP) is 6.74. The molecule has 0 aliphatic heterocycles. The fraction of sp³-hybridized carbons (Fsp3) is 0.848. The zero-order valence-corrected chi connectivity index (χ0v) is 39.0. The minimum absolute atomic E-state index is 0.0109. The van der Waals surface area contributed by atoms with Crippen molar-refractivity contribution in [3.63, 3.8) is 0 Å². The van der Waals surface area contributed by atoms with E-state index in [1.54, 1.807) is 14.0 Å². The lowest BCUT2D eigenvalue weighted by molar-refractivity contribution is -0.144. The molecule has 0 saturated carbocycles. The third-order valence-corrected chi connectivity index (χ3v) is 10.2. The molecule has 2 atom stereocenters. The molecule has 0 rings (SSSR count). The van der Waals surface area contributed by atoms with Gasteiger partial charge >= 0.3 is 11.9 Å². The Balaban J connectivity index is 0. The Morgan fingerprint density at radius 1 is 0.556 bits per heavy atom. The van der Waals surface area contributed by atoms with Gasteiger partial charge in [-0.05, 0) is 44.9 Å². The number of hydrogen-bond acceptors (Lipinski definition) is 12. The number of hydroxylamine groups is 1. The number of unbranched alkanes of at least 4 members (excludes halogenated alkanes) is 14. The Kier molecular flexibility index (Phi) is 43.9. The molecule has 0 unspecified atom stereocenters. The van der Waals surface area contributed by atoms with E-state index < -0.39 is 29.7 Å². The number of carboxylic acid groups (broad SMARTS) is 2. The van der Waals surface area contributed by atoms with E-state index in [9.17, 15) is 38.7 Å². The number of carbonyl (C=O) groups excluding carboxylic acids is 5. The summed E-state index contributed by atoms with van der Waals surface area (Å²) in [6.07, 6.45) is 20.7. The van der Waals surface area contributed by atoms with Gasteiger partial charge in [-0.2, -0.15) is 0 Å². The maximum atomic E-state index is 12.1. The van der Waals surface area contributed by atoms with Crippen LogP contribution < -0.4 is 16.1 Å². The molecule has 0 aromatic carbocycles. The summed E-state index contributed by atoms with van der Waals surface area (Å²) in [6.45, 7) is 6.62. The van der Waals surface area contributed by atoms with Gasteiger partial charge in [-0.1, -0.05) is 97.3 Å². The lowest BCUT2D eigenvalue weighted by Crippen LogP contribution is -2.29. The summed E-state index contributed by atoms with van der Waals surface area (Å²) >= 11 is 0. The van der Waals surface area contributed by atoms with Gasteiger partial charge in [0.1, 0.15) is 19.0 Å². The van der Waals surface area contributed by atoms with Gasteiger partial charge in [0, 0.05) is 64.8 Å². The van der Waals surface area contributed by atoms with Crippen molar-refractivity contribution < 1.29 is 69.3 Å². The Morgan fingerprint density at radius 2 is 1.08 bits per heavy atom. The summed E-state index contributed by atoms with van der Waals surface area (Å²) in [4.78, 5) is 80.1. The van der Waals surface area contributed by atoms with Crippen LogP contribution in [-0.2, 0) is 52.5 Å². The highest BCUT2D eigenvalue weighted by Gasteiger charge is 2.22. The molecule has 3 amide bonds. The minimum Gasteiger partial charge on any atom is -0.481 e. The Labute approximate surface area is 378 Å². The van der Waals surface area contributed by atoms with Gasteiger partial charge in [0.15, 0.2) is 7.20 Å². The lowest BCUT2D eigenvalue weighted by atomic mass is 9.94. The molecule has 6 N–H and O–H groups in total. The highest BCUT2D eigenvalue weighted by Crippen LogP contribution is 2.17. The maximum absolute atomic E-state index is 12.1. The monoisotopic (exact) mass is 906 g/mol. The number of ketones is 2. The number of methoxy groups -OCH3 is 1. The van der Waals surface area contributed by atoms with Gasteiger partial charge in [0.25, 0.3) is 0 Å². The molecule has 63 heavy (non-hydrogen) atoms. The predicted molar refractivity (Wildman–Crippen MR) is 239 cm³/mol. The van der Waals surface area contributed by atoms with Crippen molar-refractivity contribution in [2.24, 2.45) is 11.8 Å². The molecule has 0 aromatic rings. The van der Waals surface area contributed by atoms with Crippen LogP contribution in [0.25, 0.3) is 0 Å². The smallest absolute Gasteiger partial charge is 0.306 e. The van der Waals surface area contributed by atoms with E-state index in [-0.39, 0.29) is 67.9 Å². The van der Waals surface area contributed by atoms with Crippen LogP contribution in [0.2, 0.25) is 1.41 Å². The molecule has 17 heteroatoms. The SMILES string of the molecule is CCCNC(=O)CC[C@H](CC(=O)CCCCCCCCCCCCCCCCC(=O)O)C(=O)O.[3H]N(O)C(=O)[C@@H](C)CCCCNC(=O)COCCOCCCC(=O)COCCOC. The second-order valence-electron chi connectivity index (χ2n) is 16.0. The summed E-state index contributed by atoms with van der Waals surface area (Å²) in [5.74, 6) is -3.90. The van der Waals surface area contributed by atoms with E-state index >= 15 is 0 Å². The molecule has 0 spiro atoms. The minimum atomic E-state index is -0.993. The second kappa shape index (κ2) is 46.5. The number of amides is 3. The Hall–Kier alpha value is -3.51. The van der Waals surface area contributed by atoms with Gasteiger partial charge in [0.05, 0.1) is 32.3 Å². The van der Waals surface area contributed by atoms with Crippen molar-refractivity contribution in [2.45, 2.75) is 174 Å². The van der Waals surface area contributed by atoms with Crippen LogP contribution in [0.5, 0.6) is 0 Å². The zero-order valence-electron chi connectivity index (χ0n) is 40.0. The first-order valence-electron chi connectivity index (χ1n) is 23.9. The van der Waals surface area contributed by atoms with Gasteiger partial charge in [-0.25, -0.2) is 5.47 Å².